The van der Waals surface area contributed by atoms with Gasteiger partial charge in [-0.15, -0.1) is 0 Å². The lowest BCUT2D eigenvalue weighted by Crippen LogP contribution is -2.26. The molecule has 1 heterocycles. The molecule has 170 valence electrons. The first-order valence-electron chi connectivity index (χ1n) is 10.4. The number of benzene rings is 2. The van der Waals surface area contributed by atoms with Crippen LogP contribution in [0.15, 0.2) is 48.5 Å². The predicted octanol–water partition coefficient (Wildman–Crippen LogP) is 6.14. The van der Waals surface area contributed by atoms with Gasteiger partial charge < -0.3 is 14.5 Å². The van der Waals surface area contributed by atoms with Crippen molar-refractivity contribution in [1.29, 1.82) is 0 Å². The molecule has 0 aliphatic heterocycles. The fraction of sp³-hybridized carbons (Fsp3) is 0.333. The Hall–Kier alpha value is -2.12. The first-order chi connectivity index (χ1) is 15.4. The Bertz CT molecular complexity index is 1040. The molecule has 2 aromatic carbocycles. The van der Waals surface area contributed by atoms with E-state index in [0.29, 0.717) is 36.2 Å². The third kappa shape index (κ3) is 6.69. The van der Waals surface area contributed by atoms with E-state index < -0.39 is 0 Å². The van der Waals surface area contributed by atoms with Gasteiger partial charge in [-0.3, -0.25) is 4.79 Å². The highest BCUT2D eigenvalue weighted by atomic mass is 35.5. The van der Waals surface area contributed by atoms with E-state index in [9.17, 15) is 4.79 Å². The van der Waals surface area contributed by atoms with E-state index in [4.69, 9.17) is 32.9 Å². The number of aromatic nitrogens is 1. The molecule has 32 heavy (non-hydrogen) atoms. The zero-order valence-corrected chi connectivity index (χ0v) is 20.8. The smallest absolute Gasteiger partial charge is 0.307 e. The van der Waals surface area contributed by atoms with Crippen LogP contribution in [0, 0.1) is 0 Å². The second kappa shape index (κ2) is 11.7. The van der Waals surface area contributed by atoms with E-state index in [2.05, 4.69) is 21.9 Å². The van der Waals surface area contributed by atoms with Crippen LogP contribution in [-0.4, -0.2) is 43.1 Å². The molecule has 0 aliphatic rings. The van der Waals surface area contributed by atoms with Crippen molar-refractivity contribution in [3.8, 4) is 11.3 Å². The van der Waals surface area contributed by atoms with Crippen molar-refractivity contribution in [3.05, 3.63) is 69.0 Å². The highest BCUT2D eigenvalue weighted by Crippen LogP contribution is 2.36. The first-order valence-corrected chi connectivity index (χ1v) is 12.0. The molecule has 0 radical (unpaired) electrons. The van der Waals surface area contributed by atoms with Crippen molar-refractivity contribution >= 4 is 45.6 Å². The Kier molecular flexibility index (Phi) is 8.93. The topological polar surface area (TPSA) is 45.7 Å². The maximum absolute atomic E-state index is 12.0. The van der Waals surface area contributed by atoms with Gasteiger partial charge in [-0.1, -0.05) is 70.9 Å². The molecule has 0 saturated heterocycles. The molecule has 0 spiro atoms. The lowest BCUT2D eigenvalue weighted by molar-refractivity contribution is -0.142. The third-order valence-electron chi connectivity index (χ3n) is 4.72. The zero-order chi connectivity index (χ0) is 23.1. The molecule has 0 unspecified atom stereocenters. The fourth-order valence-electron chi connectivity index (χ4n) is 3.24. The van der Waals surface area contributed by atoms with Gasteiger partial charge in [0.15, 0.2) is 5.13 Å². The van der Waals surface area contributed by atoms with E-state index in [0.717, 1.165) is 33.4 Å². The number of hydrogen-bond acceptors (Lipinski definition) is 6. The number of nitrogens with zero attached hydrogens (tertiary/aromatic N) is 3. The minimum absolute atomic E-state index is 0.208. The Morgan fingerprint density at radius 3 is 2.47 bits per heavy atom. The molecule has 0 aliphatic carbocycles. The molecule has 0 fully saturated rings. The highest BCUT2D eigenvalue weighted by Gasteiger charge is 2.20. The van der Waals surface area contributed by atoms with Crippen molar-refractivity contribution < 1.29 is 9.53 Å². The van der Waals surface area contributed by atoms with Crippen LogP contribution in [0.2, 0.25) is 10.0 Å². The van der Waals surface area contributed by atoms with E-state index in [1.54, 1.807) is 17.4 Å². The van der Waals surface area contributed by atoms with E-state index in [1.807, 2.05) is 51.4 Å². The second-order valence-corrected chi connectivity index (χ2v) is 9.47. The summed E-state index contributed by atoms with van der Waals surface area (Å²) in [6, 6.07) is 15.7. The Labute approximate surface area is 203 Å². The van der Waals surface area contributed by atoms with Crippen LogP contribution >= 0.6 is 34.5 Å². The molecule has 3 aromatic rings. The number of anilines is 1. The number of esters is 1. The summed E-state index contributed by atoms with van der Waals surface area (Å²) in [6.07, 6.45) is 0.297. The molecular formula is C24H27Cl2N3O2S. The van der Waals surface area contributed by atoms with Gasteiger partial charge >= 0.3 is 5.97 Å². The Morgan fingerprint density at radius 1 is 1.06 bits per heavy atom. The molecule has 0 atom stereocenters. The lowest BCUT2D eigenvalue weighted by atomic mass is 10.1. The molecule has 0 amide bonds. The number of thiazole rings is 1. The molecule has 0 bridgehead atoms. The van der Waals surface area contributed by atoms with Gasteiger partial charge in [0.2, 0.25) is 0 Å². The van der Waals surface area contributed by atoms with Gasteiger partial charge in [0.05, 0.1) is 28.8 Å². The lowest BCUT2D eigenvalue weighted by Gasteiger charge is -2.21. The van der Waals surface area contributed by atoms with Gasteiger partial charge in [-0.2, -0.15) is 0 Å². The Balaban J connectivity index is 1.97. The SMILES string of the molecule is CCOC(=O)CCN(Cc1ccccc1)c1nc(-c2ccc(Cl)c(Cl)c2)c(CN(C)C)s1. The average Bonchev–Trinajstić information content (AvgIpc) is 3.17. The van der Waals surface area contributed by atoms with Gasteiger partial charge in [0.25, 0.3) is 0 Å². The number of carbonyl (C=O) groups excluding carboxylic acids is 1. The standard InChI is InChI=1S/C24H27Cl2N3O2S/c1-4-31-22(30)12-13-29(15-17-8-6-5-7-9-17)24-27-23(21(32-24)16-28(2)3)18-10-11-19(25)20(26)14-18/h5-11,14H,4,12-13,15-16H2,1-3H3. The molecule has 0 N–H and O–H groups in total. The molecule has 0 saturated carbocycles. The first kappa shape index (κ1) is 24.5. The van der Waals surface area contributed by atoms with Crippen LogP contribution < -0.4 is 4.90 Å². The summed E-state index contributed by atoms with van der Waals surface area (Å²) in [4.78, 5) is 22.4. The summed E-state index contributed by atoms with van der Waals surface area (Å²) in [7, 11) is 4.06. The van der Waals surface area contributed by atoms with Crippen LogP contribution in [0.4, 0.5) is 5.13 Å². The second-order valence-electron chi connectivity index (χ2n) is 7.60. The average molecular weight is 492 g/mol. The number of halogens is 2. The highest BCUT2D eigenvalue weighted by molar-refractivity contribution is 7.16. The van der Waals surface area contributed by atoms with Crippen molar-refractivity contribution in [1.82, 2.24) is 9.88 Å². The summed E-state index contributed by atoms with van der Waals surface area (Å²) in [6.45, 7) is 4.10. The van der Waals surface area contributed by atoms with Crippen LogP contribution in [0.3, 0.4) is 0 Å². The predicted molar refractivity (Wildman–Crippen MR) is 134 cm³/mol. The Morgan fingerprint density at radius 2 is 1.81 bits per heavy atom. The summed E-state index contributed by atoms with van der Waals surface area (Å²) < 4.78 is 5.14. The van der Waals surface area contributed by atoms with Crippen molar-refractivity contribution in [2.75, 3.05) is 32.1 Å². The fourth-order valence-corrected chi connectivity index (χ4v) is 4.77. The maximum Gasteiger partial charge on any atom is 0.307 e. The van der Waals surface area contributed by atoms with Crippen molar-refractivity contribution in [2.24, 2.45) is 0 Å². The molecule has 5 nitrogen and oxygen atoms in total. The summed E-state index contributed by atoms with van der Waals surface area (Å²) in [5.74, 6) is -0.208. The third-order valence-corrected chi connectivity index (χ3v) is 6.56. The van der Waals surface area contributed by atoms with E-state index >= 15 is 0 Å². The quantitative estimate of drug-likeness (QED) is 0.318. The molecule has 8 heteroatoms. The van der Waals surface area contributed by atoms with Gasteiger partial charge in [-0.25, -0.2) is 4.98 Å². The molecule has 1 aromatic heterocycles. The largest absolute Gasteiger partial charge is 0.466 e. The monoisotopic (exact) mass is 491 g/mol. The van der Waals surface area contributed by atoms with Crippen LogP contribution in [0.5, 0.6) is 0 Å². The zero-order valence-electron chi connectivity index (χ0n) is 18.5. The minimum atomic E-state index is -0.208. The molecule has 3 rings (SSSR count). The number of rotatable bonds is 10. The number of ether oxygens (including phenoxy) is 1. The normalized spacial score (nSPS) is 11.1. The van der Waals surface area contributed by atoms with Crippen molar-refractivity contribution in [2.45, 2.75) is 26.4 Å². The van der Waals surface area contributed by atoms with Crippen LogP contribution in [0.25, 0.3) is 11.3 Å². The van der Waals surface area contributed by atoms with Crippen LogP contribution in [0.1, 0.15) is 23.8 Å². The minimum Gasteiger partial charge on any atom is -0.466 e. The maximum atomic E-state index is 12.0. The van der Waals surface area contributed by atoms with Gasteiger partial charge in [-0.05, 0) is 38.7 Å². The van der Waals surface area contributed by atoms with Gasteiger partial charge in [0.1, 0.15) is 0 Å². The summed E-state index contributed by atoms with van der Waals surface area (Å²) in [5.41, 5.74) is 2.95. The van der Waals surface area contributed by atoms with E-state index in [-0.39, 0.29) is 5.97 Å². The number of carbonyl (C=O) groups is 1. The summed E-state index contributed by atoms with van der Waals surface area (Å²) >= 11 is 14.0. The van der Waals surface area contributed by atoms with E-state index in [1.165, 1.54) is 0 Å². The summed E-state index contributed by atoms with van der Waals surface area (Å²) in [5, 5.41) is 1.87. The van der Waals surface area contributed by atoms with Crippen LogP contribution in [-0.2, 0) is 22.6 Å². The van der Waals surface area contributed by atoms with Crippen molar-refractivity contribution in [3.63, 3.8) is 0 Å². The number of hydrogen-bond donors (Lipinski definition) is 0. The molecular weight excluding hydrogens is 465 g/mol. The van der Waals surface area contributed by atoms with Gasteiger partial charge in [0, 0.05) is 30.1 Å².